The minimum absolute atomic E-state index is 0. The van der Waals surface area contributed by atoms with Gasteiger partial charge in [-0.2, -0.15) is 0 Å². The maximum atomic E-state index is 5.58. The average molecular weight is 485 g/mol. The third-order valence-electron chi connectivity index (χ3n) is 4.46. The molecule has 0 aliphatic heterocycles. The van der Waals surface area contributed by atoms with Crippen molar-refractivity contribution in [3.05, 3.63) is 52.7 Å². The molecule has 0 radical (unpaired) electrons. The molecule has 0 aliphatic rings. The molecule has 27 heavy (non-hydrogen) atoms. The van der Waals surface area contributed by atoms with Crippen LogP contribution in [0.2, 0.25) is 0 Å². The first-order chi connectivity index (χ1) is 12.5. The monoisotopic (exact) mass is 485 g/mol. The molecule has 0 fully saturated rings. The van der Waals surface area contributed by atoms with Crippen LogP contribution in [0.1, 0.15) is 42.3 Å². The van der Waals surface area contributed by atoms with Crippen molar-refractivity contribution in [2.45, 2.75) is 47.3 Å². The number of hydrogen-bond acceptors (Lipinski definition) is 4. The van der Waals surface area contributed by atoms with Gasteiger partial charge >= 0.3 is 0 Å². The number of benzene rings is 1. The van der Waals surface area contributed by atoms with Crippen LogP contribution in [0.5, 0.6) is 0 Å². The lowest BCUT2D eigenvalue weighted by Crippen LogP contribution is -2.36. The molecule has 0 saturated heterocycles. The Balaban J connectivity index is 0.00000364. The first-order valence-corrected chi connectivity index (χ1v) is 9.23. The van der Waals surface area contributed by atoms with Crippen LogP contribution >= 0.6 is 24.0 Å². The predicted molar refractivity (Wildman–Crippen MR) is 121 cm³/mol. The maximum absolute atomic E-state index is 5.58. The van der Waals surface area contributed by atoms with Crippen LogP contribution in [0.4, 0.5) is 0 Å². The molecule has 0 atom stereocenters. The summed E-state index contributed by atoms with van der Waals surface area (Å²) in [4.78, 5) is 11.0. The van der Waals surface area contributed by atoms with E-state index in [-0.39, 0.29) is 24.0 Å². The second-order valence-electron chi connectivity index (χ2n) is 6.31. The Morgan fingerprint density at radius 3 is 2.37 bits per heavy atom. The molecule has 0 saturated carbocycles. The van der Waals surface area contributed by atoms with Gasteiger partial charge in [-0.3, -0.25) is 9.89 Å². The van der Waals surface area contributed by atoms with E-state index in [0.717, 1.165) is 43.6 Å². The zero-order chi connectivity index (χ0) is 18.9. The minimum atomic E-state index is 0. The second kappa shape index (κ2) is 12.0. The van der Waals surface area contributed by atoms with Crippen molar-refractivity contribution in [2.24, 2.45) is 4.99 Å². The number of rotatable bonds is 8. The molecule has 0 aliphatic carbocycles. The van der Waals surface area contributed by atoms with Gasteiger partial charge in [0.2, 0.25) is 5.89 Å². The lowest BCUT2D eigenvalue weighted by atomic mass is 10.1. The molecular weight excluding hydrogens is 453 g/mol. The first kappa shape index (κ1) is 23.4. The largest absolute Gasteiger partial charge is 0.444 e. The zero-order valence-electron chi connectivity index (χ0n) is 17.0. The van der Waals surface area contributed by atoms with Crippen molar-refractivity contribution in [1.82, 2.24) is 20.5 Å². The molecule has 2 aromatic rings. The van der Waals surface area contributed by atoms with Gasteiger partial charge in [0, 0.05) is 20.1 Å². The van der Waals surface area contributed by atoms with Gasteiger partial charge in [0.15, 0.2) is 5.96 Å². The summed E-state index contributed by atoms with van der Waals surface area (Å²) in [5.74, 6) is 2.26. The lowest BCUT2D eigenvalue weighted by molar-refractivity contribution is 0.296. The molecule has 0 bridgehead atoms. The van der Waals surface area contributed by atoms with E-state index in [4.69, 9.17) is 4.42 Å². The van der Waals surface area contributed by atoms with Crippen molar-refractivity contribution in [1.29, 1.82) is 0 Å². The topological polar surface area (TPSA) is 65.7 Å². The van der Waals surface area contributed by atoms with Gasteiger partial charge in [-0.25, -0.2) is 4.98 Å². The molecule has 2 rings (SSSR count). The van der Waals surface area contributed by atoms with E-state index in [2.05, 4.69) is 63.6 Å². The summed E-state index contributed by atoms with van der Waals surface area (Å²) in [6, 6.07) is 8.68. The van der Waals surface area contributed by atoms with E-state index in [1.165, 1.54) is 11.1 Å². The van der Waals surface area contributed by atoms with Gasteiger partial charge in [0.1, 0.15) is 5.76 Å². The number of aliphatic imine (C=N–C) groups is 1. The van der Waals surface area contributed by atoms with Crippen molar-refractivity contribution in [3.63, 3.8) is 0 Å². The Morgan fingerprint density at radius 2 is 1.78 bits per heavy atom. The molecule has 1 heterocycles. The summed E-state index contributed by atoms with van der Waals surface area (Å²) in [6.45, 7) is 12.6. The molecule has 0 unspecified atom stereocenters. The van der Waals surface area contributed by atoms with Crippen LogP contribution in [-0.2, 0) is 19.6 Å². The number of aryl methyl sites for hydroxylation is 2. The Kier molecular flexibility index (Phi) is 10.4. The molecule has 0 spiro atoms. The zero-order valence-corrected chi connectivity index (χ0v) is 19.3. The van der Waals surface area contributed by atoms with Crippen LogP contribution < -0.4 is 10.6 Å². The lowest BCUT2D eigenvalue weighted by Gasteiger charge is -2.18. The second-order valence-corrected chi connectivity index (χ2v) is 6.31. The number of hydrogen-bond donors (Lipinski definition) is 2. The fourth-order valence-corrected chi connectivity index (χ4v) is 2.72. The van der Waals surface area contributed by atoms with Crippen LogP contribution in [0, 0.1) is 13.8 Å². The standard InChI is InChI=1S/C20H31N5O.HI/c1-6-25(7-2)14-18-10-8-9-17(11-18)12-22-20(21-5)23-13-19-24-15(3)16(4)26-19;/h8-11H,6-7,12-14H2,1-5H3,(H2,21,22,23);1H. The van der Waals surface area contributed by atoms with Gasteiger partial charge in [-0.1, -0.05) is 38.1 Å². The quantitative estimate of drug-likeness (QED) is 0.340. The maximum Gasteiger partial charge on any atom is 0.214 e. The Labute approximate surface area is 179 Å². The summed E-state index contributed by atoms with van der Waals surface area (Å²) in [7, 11) is 1.76. The highest BCUT2D eigenvalue weighted by molar-refractivity contribution is 14.0. The number of nitrogens with one attached hydrogen (secondary N) is 2. The number of aromatic nitrogens is 1. The summed E-state index contributed by atoms with van der Waals surface area (Å²) in [5, 5.41) is 6.58. The smallest absolute Gasteiger partial charge is 0.214 e. The molecule has 2 N–H and O–H groups in total. The number of oxazole rings is 1. The number of nitrogens with zero attached hydrogens (tertiary/aromatic N) is 3. The summed E-state index contributed by atoms with van der Waals surface area (Å²) in [5.41, 5.74) is 3.50. The fourth-order valence-electron chi connectivity index (χ4n) is 2.72. The van der Waals surface area contributed by atoms with E-state index in [0.29, 0.717) is 12.4 Å². The number of halogens is 1. The SMILES string of the molecule is CCN(CC)Cc1cccc(CNC(=NC)NCc2nc(C)c(C)o2)c1.I. The van der Waals surface area contributed by atoms with Gasteiger partial charge in [-0.05, 0) is 38.1 Å². The Bertz CT molecular complexity index is 705. The summed E-state index contributed by atoms with van der Waals surface area (Å²) in [6.07, 6.45) is 0. The van der Waals surface area contributed by atoms with E-state index < -0.39 is 0 Å². The van der Waals surface area contributed by atoms with Gasteiger partial charge in [-0.15, -0.1) is 24.0 Å². The van der Waals surface area contributed by atoms with Crippen molar-refractivity contribution in [2.75, 3.05) is 20.1 Å². The molecule has 150 valence electrons. The predicted octanol–water partition coefficient (Wildman–Crippen LogP) is 3.62. The third-order valence-corrected chi connectivity index (χ3v) is 4.46. The Morgan fingerprint density at radius 1 is 1.11 bits per heavy atom. The average Bonchev–Trinajstić information content (AvgIpc) is 2.98. The summed E-state index contributed by atoms with van der Waals surface area (Å²) < 4.78 is 5.58. The minimum Gasteiger partial charge on any atom is -0.444 e. The van der Waals surface area contributed by atoms with Crippen LogP contribution in [0.15, 0.2) is 33.7 Å². The molecule has 1 aromatic heterocycles. The molecule has 6 nitrogen and oxygen atoms in total. The van der Waals surface area contributed by atoms with Gasteiger partial charge in [0.05, 0.1) is 12.2 Å². The van der Waals surface area contributed by atoms with E-state index >= 15 is 0 Å². The fraction of sp³-hybridized carbons (Fsp3) is 0.500. The van der Waals surface area contributed by atoms with Gasteiger partial charge < -0.3 is 15.1 Å². The van der Waals surface area contributed by atoms with E-state index in [9.17, 15) is 0 Å². The molecule has 7 heteroatoms. The van der Waals surface area contributed by atoms with Gasteiger partial charge in [0.25, 0.3) is 0 Å². The van der Waals surface area contributed by atoms with Crippen LogP contribution in [0.3, 0.4) is 0 Å². The highest BCUT2D eigenvalue weighted by Gasteiger charge is 2.07. The molecule has 1 aromatic carbocycles. The van der Waals surface area contributed by atoms with Crippen LogP contribution in [-0.4, -0.2) is 36.0 Å². The van der Waals surface area contributed by atoms with Crippen molar-refractivity contribution < 1.29 is 4.42 Å². The van der Waals surface area contributed by atoms with Crippen molar-refractivity contribution >= 4 is 29.9 Å². The first-order valence-electron chi connectivity index (χ1n) is 9.23. The van der Waals surface area contributed by atoms with E-state index in [1.54, 1.807) is 7.05 Å². The van der Waals surface area contributed by atoms with E-state index in [1.807, 2.05) is 13.8 Å². The normalized spacial score (nSPS) is 11.4. The molecule has 0 amide bonds. The third kappa shape index (κ3) is 7.50. The van der Waals surface area contributed by atoms with Crippen LogP contribution in [0.25, 0.3) is 0 Å². The van der Waals surface area contributed by atoms with Crippen molar-refractivity contribution in [3.8, 4) is 0 Å². The summed E-state index contributed by atoms with van der Waals surface area (Å²) >= 11 is 0. The number of guanidine groups is 1. The highest BCUT2D eigenvalue weighted by Crippen LogP contribution is 2.09. The Hall–Kier alpha value is -1.61. The highest BCUT2D eigenvalue weighted by atomic mass is 127. The molecular formula is C20H32IN5O.